The number of aromatic nitrogens is 4. The van der Waals surface area contributed by atoms with Crippen LogP contribution in [-0.2, 0) is 4.79 Å². The van der Waals surface area contributed by atoms with E-state index in [4.69, 9.17) is 10.4 Å². The van der Waals surface area contributed by atoms with E-state index < -0.39 is 5.25 Å². The molecule has 1 unspecified atom stereocenters. The number of nitrogens with one attached hydrogen (secondary N) is 1. The number of hydrogen-bond acceptors (Lipinski definition) is 7. The van der Waals surface area contributed by atoms with Crippen LogP contribution < -0.4 is 11.2 Å². The zero-order valence-corrected chi connectivity index (χ0v) is 14.2. The molecule has 1 aromatic carbocycles. The van der Waals surface area contributed by atoms with Gasteiger partial charge in [0.2, 0.25) is 16.9 Å². The van der Waals surface area contributed by atoms with E-state index in [0.29, 0.717) is 22.2 Å². The normalized spacial score (nSPS) is 12.1. The summed E-state index contributed by atoms with van der Waals surface area (Å²) in [5.74, 6) is 6.01. The Morgan fingerprint density at radius 3 is 2.72 bits per heavy atom. The van der Waals surface area contributed by atoms with Crippen molar-refractivity contribution in [2.75, 3.05) is 11.2 Å². The predicted molar refractivity (Wildman–Crippen MR) is 90.8 cm³/mol. The zero-order chi connectivity index (χ0) is 18.0. The number of nitrogens with two attached hydrogens (primary N) is 1. The highest BCUT2D eigenvalue weighted by molar-refractivity contribution is 8.00. The number of nitrogens with zero attached hydrogens (tertiary/aromatic N) is 4. The van der Waals surface area contributed by atoms with Crippen LogP contribution in [0.4, 0.5) is 10.3 Å². The first-order chi connectivity index (χ1) is 11.9. The van der Waals surface area contributed by atoms with E-state index in [1.54, 1.807) is 32.0 Å². The van der Waals surface area contributed by atoms with Crippen LogP contribution in [0.15, 0.2) is 40.0 Å². The lowest BCUT2D eigenvalue weighted by Gasteiger charge is -2.09. The molecule has 0 saturated carbocycles. The smallest absolute Gasteiger partial charge is 0.240 e. The lowest BCUT2D eigenvalue weighted by molar-refractivity contribution is -0.115. The summed E-state index contributed by atoms with van der Waals surface area (Å²) in [4.78, 5) is 12.2. The lowest BCUT2D eigenvalue weighted by atomic mass is 10.2. The van der Waals surface area contributed by atoms with Crippen molar-refractivity contribution in [2.45, 2.75) is 24.3 Å². The standard InChI is InChI=1S/C15H15FN6O2S/c1-8-7-12(24-21-8)18-14(23)9(2)25-15-20-19-13(22(15)17)10-3-5-11(16)6-4-10/h3-7,9H,17H2,1-2H3,(H,18,23). The monoisotopic (exact) mass is 362 g/mol. The van der Waals surface area contributed by atoms with Crippen molar-refractivity contribution in [2.24, 2.45) is 0 Å². The minimum atomic E-state index is -0.502. The number of benzene rings is 1. The summed E-state index contributed by atoms with van der Waals surface area (Å²) in [6.07, 6.45) is 0. The molecular formula is C15H15FN6O2S. The van der Waals surface area contributed by atoms with E-state index >= 15 is 0 Å². The molecule has 130 valence electrons. The Bertz CT molecular complexity index is 892. The average Bonchev–Trinajstić information content (AvgIpc) is 3.15. The summed E-state index contributed by atoms with van der Waals surface area (Å²) >= 11 is 1.14. The van der Waals surface area contributed by atoms with E-state index in [1.807, 2.05) is 0 Å². The second-order valence-electron chi connectivity index (χ2n) is 5.26. The summed E-state index contributed by atoms with van der Waals surface area (Å²) in [5.41, 5.74) is 1.29. The summed E-state index contributed by atoms with van der Waals surface area (Å²) in [5, 5.41) is 14.2. The molecule has 3 aromatic rings. The van der Waals surface area contributed by atoms with Gasteiger partial charge in [0.25, 0.3) is 0 Å². The summed E-state index contributed by atoms with van der Waals surface area (Å²) < 4.78 is 19.2. The number of thioether (sulfide) groups is 1. The highest BCUT2D eigenvalue weighted by Crippen LogP contribution is 2.25. The molecule has 3 N–H and O–H groups in total. The number of aryl methyl sites for hydroxylation is 1. The Labute approximate surface area is 146 Å². The number of amides is 1. The third kappa shape index (κ3) is 3.79. The van der Waals surface area contributed by atoms with Gasteiger partial charge in [0.15, 0.2) is 5.82 Å². The maximum Gasteiger partial charge on any atom is 0.240 e. The van der Waals surface area contributed by atoms with Crippen molar-refractivity contribution in [3.8, 4) is 11.4 Å². The van der Waals surface area contributed by atoms with Gasteiger partial charge >= 0.3 is 0 Å². The molecule has 0 aliphatic heterocycles. The number of hydrogen-bond donors (Lipinski definition) is 2. The molecule has 25 heavy (non-hydrogen) atoms. The van der Waals surface area contributed by atoms with E-state index in [-0.39, 0.29) is 17.6 Å². The number of rotatable bonds is 5. The van der Waals surface area contributed by atoms with Gasteiger partial charge in [0.1, 0.15) is 5.82 Å². The summed E-state index contributed by atoms with van der Waals surface area (Å²) in [6.45, 7) is 3.46. The number of carbonyl (C=O) groups excluding carboxylic acids is 1. The van der Waals surface area contributed by atoms with Gasteiger partial charge in [0.05, 0.1) is 10.9 Å². The molecule has 8 nitrogen and oxygen atoms in total. The minimum absolute atomic E-state index is 0.274. The molecule has 10 heteroatoms. The van der Waals surface area contributed by atoms with Crippen molar-refractivity contribution < 1.29 is 13.7 Å². The topological polar surface area (TPSA) is 112 Å². The van der Waals surface area contributed by atoms with Gasteiger partial charge in [-0.1, -0.05) is 16.9 Å². The van der Waals surface area contributed by atoms with Gasteiger partial charge in [-0.05, 0) is 38.1 Å². The van der Waals surface area contributed by atoms with Crippen LogP contribution in [0.2, 0.25) is 0 Å². The number of halogens is 1. The van der Waals surface area contributed by atoms with Gasteiger partial charge in [0, 0.05) is 11.6 Å². The Balaban J connectivity index is 1.70. The first-order valence-electron chi connectivity index (χ1n) is 7.31. The molecule has 2 heterocycles. The fraction of sp³-hybridized carbons (Fsp3) is 0.200. The quantitative estimate of drug-likeness (QED) is 0.528. The molecule has 2 aromatic heterocycles. The second-order valence-corrected chi connectivity index (χ2v) is 6.57. The molecule has 3 rings (SSSR count). The van der Waals surface area contributed by atoms with Crippen LogP contribution in [-0.4, -0.2) is 31.2 Å². The van der Waals surface area contributed by atoms with Crippen LogP contribution in [0.25, 0.3) is 11.4 Å². The fourth-order valence-electron chi connectivity index (χ4n) is 2.01. The Kier molecular flexibility index (Phi) is 4.70. The van der Waals surface area contributed by atoms with E-state index in [0.717, 1.165) is 11.8 Å². The van der Waals surface area contributed by atoms with Gasteiger partial charge < -0.3 is 10.4 Å². The van der Waals surface area contributed by atoms with Gasteiger partial charge in [-0.15, -0.1) is 10.2 Å². The molecule has 0 bridgehead atoms. The molecular weight excluding hydrogens is 347 g/mol. The Hall–Kier alpha value is -2.88. The van der Waals surface area contributed by atoms with Crippen molar-refractivity contribution in [3.05, 3.63) is 41.8 Å². The summed E-state index contributed by atoms with van der Waals surface area (Å²) in [7, 11) is 0. The highest BCUT2D eigenvalue weighted by atomic mass is 32.2. The average molecular weight is 362 g/mol. The third-order valence-electron chi connectivity index (χ3n) is 3.29. The number of nitrogen functional groups attached to an aromatic ring is 1. The van der Waals surface area contributed by atoms with Crippen LogP contribution in [0.5, 0.6) is 0 Å². The van der Waals surface area contributed by atoms with Crippen LogP contribution >= 0.6 is 11.8 Å². The van der Waals surface area contributed by atoms with Crippen molar-refractivity contribution >= 4 is 23.6 Å². The Morgan fingerprint density at radius 1 is 1.36 bits per heavy atom. The predicted octanol–water partition coefficient (Wildman–Crippen LogP) is 2.21. The van der Waals surface area contributed by atoms with Crippen molar-refractivity contribution in [1.29, 1.82) is 0 Å². The Morgan fingerprint density at radius 2 is 2.08 bits per heavy atom. The van der Waals surface area contributed by atoms with E-state index in [1.165, 1.54) is 16.8 Å². The van der Waals surface area contributed by atoms with Crippen molar-refractivity contribution in [3.63, 3.8) is 0 Å². The molecule has 0 saturated heterocycles. The first-order valence-corrected chi connectivity index (χ1v) is 8.19. The SMILES string of the molecule is Cc1cc(NC(=O)C(C)Sc2nnc(-c3ccc(F)cc3)n2N)on1. The third-order valence-corrected chi connectivity index (χ3v) is 4.35. The van der Waals surface area contributed by atoms with Gasteiger partial charge in [-0.2, -0.15) is 0 Å². The van der Waals surface area contributed by atoms with E-state index in [2.05, 4.69) is 20.7 Å². The van der Waals surface area contributed by atoms with Crippen molar-refractivity contribution in [1.82, 2.24) is 20.0 Å². The molecule has 0 aliphatic carbocycles. The maximum absolute atomic E-state index is 13.0. The molecule has 0 fully saturated rings. The first kappa shape index (κ1) is 17.0. The maximum atomic E-state index is 13.0. The number of anilines is 1. The van der Waals surface area contributed by atoms with Gasteiger partial charge in [-0.3, -0.25) is 10.1 Å². The zero-order valence-electron chi connectivity index (χ0n) is 13.4. The molecule has 0 aliphatic rings. The highest BCUT2D eigenvalue weighted by Gasteiger charge is 2.21. The number of carbonyl (C=O) groups is 1. The summed E-state index contributed by atoms with van der Waals surface area (Å²) in [6, 6.07) is 7.35. The molecule has 0 radical (unpaired) electrons. The second kappa shape index (κ2) is 6.93. The van der Waals surface area contributed by atoms with Crippen LogP contribution in [0.3, 0.4) is 0 Å². The van der Waals surface area contributed by atoms with Gasteiger partial charge in [-0.25, -0.2) is 9.07 Å². The largest absolute Gasteiger partial charge is 0.338 e. The lowest BCUT2D eigenvalue weighted by Crippen LogP contribution is -2.23. The van der Waals surface area contributed by atoms with E-state index in [9.17, 15) is 9.18 Å². The molecule has 1 atom stereocenters. The van der Waals surface area contributed by atoms with Crippen LogP contribution in [0, 0.1) is 12.7 Å². The molecule has 1 amide bonds. The fourth-order valence-corrected chi connectivity index (χ4v) is 2.78. The minimum Gasteiger partial charge on any atom is -0.338 e. The van der Waals surface area contributed by atoms with Crippen LogP contribution in [0.1, 0.15) is 12.6 Å². The molecule has 0 spiro atoms.